The molecule has 0 saturated carbocycles. The van der Waals surface area contributed by atoms with Gasteiger partial charge in [-0.2, -0.15) is 0 Å². The van der Waals surface area contributed by atoms with Crippen LogP contribution in [-0.2, 0) is 14.3 Å². The molecule has 1 unspecified atom stereocenters. The molecule has 0 fully saturated rings. The number of methoxy groups -OCH3 is 1. The predicted molar refractivity (Wildman–Crippen MR) is 97.7 cm³/mol. The summed E-state index contributed by atoms with van der Waals surface area (Å²) in [7, 11) is 1.21. The Morgan fingerprint density at radius 1 is 0.889 bits per heavy atom. The minimum atomic E-state index is -1.10. The number of hydrogen-bond donors (Lipinski definition) is 1. The molecule has 0 radical (unpaired) electrons. The van der Waals surface area contributed by atoms with Crippen molar-refractivity contribution < 1.29 is 28.7 Å². The van der Waals surface area contributed by atoms with Gasteiger partial charge in [0.05, 0.1) is 18.2 Å². The van der Waals surface area contributed by atoms with Crippen molar-refractivity contribution in [1.82, 2.24) is 0 Å². The smallest absolute Gasteiger partial charge is 0.339 e. The van der Waals surface area contributed by atoms with E-state index in [-0.39, 0.29) is 16.9 Å². The fourth-order valence-electron chi connectivity index (χ4n) is 2.26. The van der Waals surface area contributed by atoms with E-state index in [2.05, 4.69) is 10.1 Å². The molecule has 2 rings (SSSR count). The van der Waals surface area contributed by atoms with Crippen LogP contribution in [0.1, 0.15) is 44.9 Å². The summed E-state index contributed by atoms with van der Waals surface area (Å²) >= 11 is 0. The first-order valence-electron chi connectivity index (χ1n) is 8.13. The molecule has 7 heteroatoms. The van der Waals surface area contributed by atoms with E-state index in [1.165, 1.54) is 33.1 Å². The molecule has 1 N–H and O–H groups in total. The van der Waals surface area contributed by atoms with Crippen LogP contribution in [-0.4, -0.2) is 36.8 Å². The third-order valence-electron chi connectivity index (χ3n) is 3.76. The molecule has 0 aromatic heterocycles. The molecule has 1 amide bonds. The number of ketones is 1. The number of carbonyl (C=O) groups is 4. The van der Waals surface area contributed by atoms with E-state index in [1.54, 1.807) is 36.4 Å². The van der Waals surface area contributed by atoms with Gasteiger partial charge in [0.25, 0.3) is 5.91 Å². The van der Waals surface area contributed by atoms with E-state index >= 15 is 0 Å². The summed E-state index contributed by atoms with van der Waals surface area (Å²) in [5.74, 6) is -2.12. The van der Waals surface area contributed by atoms with E-state index in [1.807, 2.05) is 0 Å². The Balaban J connectivity index is 2.05. The number of esters is 2. The standard InChI is InChI=1S/C20H19NO6/c1-12(22)14-8-10-15(11-9-14)21-18(23)13(2)27-20(25)17-7-5-4-6-16(17)19(24)26-3/h4-11,13H,1-3H3,(H,21,23). The molecular weight excluding hydrogens is 350 g/mol. The first kappa shape index (κ1) is 19.8. The maximum absolute atomic E-state index is 12.3. The quantitative estimate of drug-likeness (QED) is 0.621. The van der Waals surface area contributed by atoms with Crippen molar-refractivity contribution in [2.24, 2.45) is 0 Å². The van der Waals surface area contributed by atoms with E-state index in [0.29, 0.717) is 11.3 Å². The number of Topliss-reactive ketones (excluding diaryl/α,β-unsaturated/α-hetero) is 1. The molecule has 1 atom stereocenters. The Morgan fingerprint density at radius 3 is 1.96 bits per heavy atom. The summed E-state index contributed by atoms with van der Waals surface area (Å²) in [5.41, 5.74) is 1.04. The minimum Gasteiger partial charge on any atom is -0.465 e. The summed E-state index contributed by atoms with van der Waals surface area (Å²) in [6.07, 6.45) is -1.10. The van der Waals surface area contributed by atoms with Crippen LogP contribution in [0.3, 0.4) is 0 Å². The molecule has 0 heterocycles. The van der Waals surface area contributed by atoms with Crippen LogP contribution in [0.15, 0.2) is 48.5 Å². The minimum absolute atomic E-state index is 0.00908. The average Bonchev–Trinajstić information content (AvgIpc) is 2.67. The zero-order chi connectivity index (χ0) is 20.0. The van der Waals surface area contributed by atoms with Crippen molar-refractivity contribution in [1.29, 1.82) is 0 Å². The van der Waals surface area contributed by atoms with Crippen molar-refractivity contribution in [2.45, 2.75) is 20.0 Å². The Labute approximate surface area is 156 Å². The number of ether oxygens (including phenoxy) is 2. The maximum Gasteiger partial charge on any atom is 0.339 e. The molecule has 0 spiro atoms. The third-order valence-corrected chi connectivity index (χ3v) is 3.76. The van der Waals surface area contributed by atoms with E-state index in [9.17, 15) is 19.2 Å². The monoisotopic (exact) mass is 369 g/mol. The largest absolute Gasteiger partial charge is 0.465 e. The molecule has 27 heavy (non-hydrogen) atoms. The van der Waals surface area contributed by atoms with Crippen LogP contribution in [0.25, 0.3) is 0 Å². The van der Waals surface area contributed by atoms with Crippen molar-refractivity contribution in [2.75, 3.05) is 12.4 Å². The molecular formula is C20H19NO6. The van der Waals surface area contributed by atoms with Gasteiger partial charge >= 0.3 is 11.9 Å². The van der Waals surface area contributed by atoms with Gasteiger partial charge < -0.3 is 14.8 Å². The number of carbonyl (C=O) groups excluding carboxylic acids is 4. The second-order valence-corrected chi connectivity index (χ2v) is 5.71. The zero-order valence-electron chi connectivity index (χ0n) is 15.1. The van der Waals surface area contributed by atoms with Gasteiger partial charge in [-0.25, -0.2) is 9.59 Å². The molecule has 0 bridgehead atoms. The number of anilines is 1. The molecule has 2 aromatic rings. The third kappa shape index (κ3) is 5.01. The van der Waals surface area contributed by atoms with Crippen molar-refractivity contribution >= 4 is 29.3 Å². The van der Waals surface area contributed by atoms with Crippen LogP contribution in [0.4, 0.5) is 5.69 Å². The van der Waals surface area contributed by atoms with Gasteiger partial charge in [-0.3, -0.25) is 9.59 Å². The number of amides is 1. The normalized spacial score (nSPS) is 11.2. The zero-order valence-corrected chi connectivity index (χ0v) is 15.1. The van der Waals surface area contributed by atoms with Crippen LogP contribution >= 0.6 is 0 Å². The van der Waals surface area contributed by atoms with Gasteiger partial charge in [-0.05, 0) is 50.2 Å². The van der Waals surface area contributed by atoms with Crippen LogP contribution < -0.4 is 5.32 Å². The molecule has 2 aromatic carbocycles. The first-order chi connectivity index (χ1) is 12.8. The Bertz CT molecular complexity index is 872. The molecule has 0 saturated heterocycles. The van der Waals surface area contributed by atoms with Gasteiger partial charge in [-0.15, -0.1) is 0 Å². The second-order valence-electron chi connectivity index (χ2n) is 5.71. The Morgan fingerprint density at radius 2 is 1.44 bits per heavy atom. The Hall–Kier alpha value is -3.48. The van der Waals surface area contributed by atoms with Gasteiger partial charge in [0.2, 0.25) is 0 Å². The molecule has 0 aliphatic carbocycles. The lowest BCUT2D eigenvalue weighted by molar-refractivity contribution is -0.123. The predicted octanol–water partition coefficient (Wildman–Crippen LogP) is 2.86. The van der Waals surface area contributed by atoms with Crippen molar-refractivity contribution in [3.63, 3.8) is 0 Å². The number of hydrogen-bond acceptors (Lipinski definition) is 6. The summed E-state index contributed by atoms with van der Waals surface area (Å²) < 4.78 is 9.79. The summed E-state index contributed by atoms with van der Waals surface area (Å²) in [6.45, 7) is 2.86. The SMILES string of the molecule is COC(=O)c1ccccc1C(=O)OC(C)C(=O)Nc1ccc(C(C)=O)cc1. The van der Waals surface area contributed by atoms with Gasteiger partial charge in [-0.1, -0.05) is 12.1 Å². The summed E-state index contributed by atoms with van der Waals surface area (Å²) in [4.78, 5) is 47.6. The van der Waals surface area contributed by atoms with Crippen LogP contribution in [0, 0.1) is 0 Å². The van der Waals surface area contributed by atoms with Crippen molar-refractivity contribution in [3.05, 3.63) is 65.2 Å². The average molecular weight is 369 g/mol. The molecule has 0 aliphatic rings. The molecule has 0 aliphatic heterocycles. The van der Waals surface area contributed by atoms with E-state index in [4.69, 9.17) is 4.74 Å². The fraction of sp³-hybridized carbons (Fsp3) is 0.200. The summed E-state index contributed by atoms with van der Waals surface area (Å²) in [5, 5.41) is 2.59. The van der Waals surface area contributed by atoms with Crippen LogP contribution in [0.5, 0.6) is 0 Å². The molecule has 7 nitrogen and oxygen atoms in total. The number of benzene rings is 2. The second kappa shape index (κ2) is 8.75. The lowest BCUT2D eigenvalue weighted by atomic mass is 10.1. The van der Waals surface area contributed by atoms with Gasteiger partial charge in [0, 0.05) is 11.3 Å². The summed E-state index contributed by atoms with van der Waals surface area (Å²) in [6, 6.07) is 12.3. The fourth-order valence-corrected chi connectivity index (χ4v) is 2.26. The number of nitrogens with one attached hydrogen (secondary N) is 1. The highest BCUT2D eigenvalue weighted by atomic mass is 16.5. The topological polar surface area (TPSA) is 98.8 Å². The lowest BCUT2D eigenvalue weighted by Crippen LogP contribution is -2.30. The molecule has 140 valence electrons. The highest BCUT2D eigenvalue weighted by Gasteiger charge is 2.23. The highest BCUT2D eigenvalue weighted by molar-refractivity contribution is 6.04. The van der Waals surface area contributed by atoms with E-state index in [0.717, 1.165) is 0 Å². The number of rotatable bonds is 6. The van der Waals surface area contributed by atoms with Crippen molar-refractivity contribution in [3.8, 4) is 0 Å². The Kier molecular flexibility index (Phi) is 6.43. The highest BCUT2D eigenvalue weighted by Crippen LogP contribution is 2.14. The van der Waals surface area contributed by atoms with E-state index < -0.39 is 23.9 Å². The van der Waals surface area contributed by atoms with Crippen LogP contribution in [0.2, 0.25) is 0 Å². The van der Waals surface area contributed by atoms with Gasteiger partial charge in [0.15, 0.2) is 11.9 Å². The maximum atomic E-state index is 12.3. The lowest BCUT2D eigenvalue weighted by Gasteiger charge is -2.14. The van der Waals surface area contributed by atoms with Gasteiger partial charge in [0.1, 0.15) is 0 Å². The first-order valence-corrected chi connectivity index (χ1v) is 8.13.